The molecular formula is C15H16O5S. The normalized spacial score (nSPS) is 13.0. The molecule has 0 amide bonds. The predicted octanol–water partition coefficient (Wildman–Crippen LogP) is 2.80. The largest absolute Gasteiger partial charge is 0.425 e. The van der Waals surface area contributed by atoms with Gasteiger partial charge in [0.05, 0.1) is 4.90 Å². The summed E-state index contributed by atoms with van der Waals surface area (Å²) < 4.78 is 34.6. The highest BCUT2D eigenvalue weighted by atomic mass is 32.2. The van der Waals surface area contributed by atoms with E-state index in [0.717, 1.165) is 5.56 Å². The summed E-state index contributed by atoms with van der Waals surface area (Å²) in [7, 11) is -3.91. The average molecular weight is 308 g/mol. The van der Waals surface area contributed by atoms with Crippen LogP contribution in [0.15, 0.2) is 56.6 Å². The van der Waals surface area contributed by atoms with E-state index in [1.54, 1.807) is 19.1 Å². The van der Waals surface area contributed by atoms with Crippen LogP contribution >= 0.6 is 0 Å². The Morgan fingerprint density at radius 2 is 1.81 bits per heavy atom. The fraction of sp³-hybridized carbons (Fsp3) is 0.267. The van der Waals surface area contributed by atoms with Crippen molar-refractivity contribution < 1.29 is 17.0 Å². The summed E-state index contributed by atoms with van der Waals surface area (Å²) in [5.74, 6) is 0.195. The first-order valence-corrected chi connectivity index (χ1v) is 7.93. The van der Waals surface area contributed by atoms with Crippen LogP contribution in [-0.2, 0) is 14.3 Å². The van der Waals surface area contributed by atoms with Crippen molar-refractivity contribution in [2.75, 3.05) is 0 Å². The number of hydrogen-bond donors (Lipinski definition) is 0. The molecule has 0 fully saturated rings. The summed E-state index contributed by atoms with van der Waals surface area (Å²) in [4.78, 5) is 11.3. The Morgan fingerprint density at radius 1 is 1.14 bits per heavy atom. The zero-order valence-electron chi connectivity index (χ0n) is 11.8. The number of hydrogen-bond acceptors (Lipinski definition) is 5. The van der Waals surface area contributed by atoms with Gasteiger partial charge in [0.1, 0.15) is 11.9 Å². The van der Waals surface area contributed by atoms with Crippen LogP contribution < -0.4 is 5.63 Å². The second kappa shape index (κ2) is 6.24. The van der Waals surface area contributed by atoms with Crippen molar-refractivity contribution in [3.63, 3.8) is 0 Å². The van der Waals surface area contributed by atoms with Crippen molar-refractivity contribution in [2.45, 2.75) is 31.3 Å². The van der Waals surface area contributed by atoms with Crippen LogP contribution in [0.2, 0.25) is 0 Å². The highest BCUT2D eigenvalue weighted by Crippen LogP contribution is 2.25. The first-order chi connectivity index (χ1) is 9.92. The molecule has 0 saturated carbocycles. The molecule has 2 aromatic rings. The SMILES string of the molecule is CCC(OS(=O)(=O)c1ccc(C)cc1)c1cccc(=O)o1. The van der Waals surface area contributed by atoms with Gasteiger partial charge in [0.15, 0.2) is 0 Å². The molecule has 0 aliphatic heterocycles. The molecule has 6 heteroatoms. The average Bonchev–Trinajstić information content (AvgIpc) is 2.45. The minimum absolute atomic E-state index is 0.0739. The van der Waals surface area contributed by atoms with Gasteiger partial charge in [-0.2, -0.15) is 8.42 Å². The van der Waals surface area contributed by atoms with Gasteiger partial charge in [0, 0.05) is 6.07 Å². The molecule has 5 nitrogen and oxygen atoms in total. The van der Waals surface area contributed by atoms with Gasteiger partial charge in [0.2, 0.25) is 0 Å². The quantitative estimate of drug-likeness (QED) is 0.794. The minimum Gasteiger partial charge on any atom is -0.425 e. The van der Waals surface area contributed by atoms with Gasteiger partial charge in [-0.05, 0) is 31.5 Å². The Kier molecular flexibility index (Phi) is 4.59. The maximum atomic E-state index is 12.2. The molecule has 1 atom stereocenters. The first-order valence-electron chi connectivity index (χ1n) is 6.52. The van der Waals surface area contributed by atoms with Crippen molar-refractivity contribution >= 4 is 10.1 Å². The van der Waals surface area contributed by atoms with Crippen LogP contribution in [0.3, 0.4) is 0 Å². The van der Waals surface area contributed by atoms with Crippen molar-refractivity contribution in [1.29, 1.82) is 0 Å². The third-order valence-corrected chi connectivity index (χ3v) is 4.29. The minimum atomic E-state index is -3.91. The third kappa shape index (κ3) is 3.80. The molecule has 0 radical (unpaired) electrons. The molecule has 1 aromatic heterocycles. The second-order valence-electron chi connectivity index (χ2n) is 4.61. The summed E-state index contributed by atoms with van der Waals surface area (Å²) in [6.07, 6.45) is -0.469. The third-order valence-electron chi connectivity index (χ3n) is 2.95. The molecule has 0 N–H and O–H groups in total. The van der Waals surface area contributed by atoms with Gasteiger partial charge < -0.3 is 4.42 Å². The lowest BCUT2D eigenvalue weighted by Gasteiger charge is -2.14. The van der Waals surface area contributed by atoms with Gasteiger partial charge >= 0.3 is 5.63 Å². The van der Waals surface area contributed by atoms with E-state index in [4.69, 9.17) is 8.60 Å². The standard InChI is InChI=1S/C15H16O5S/c1-3-13(14-5-4-6-15(16)19-14)20-21(17,18)12-9-7-11(2)8-10-12/h4-10,13H,3H2,1-2H3. The van der Waals surface area contributed by atoms with Crippen LogP contribution in [0.5, 0.6) is 0 Å². The topological polar surface area (TPSA) is 73.6 Å². The molecule has 2 rings (SSSR count). The van der Waals surface area contributed by atoms with E-state index in [-0.39, 0.29) is 10.7 Å². The van der Waals surface area contributed by atoms with Crippen LogP contribution in [-0.4, -0.2) is 8.42 Å². The van der Waals surface area contributed by atoms with E-state index in [0.29, 0.717) is 6.42 Å². The molecule has 0 bridgehead atoms. The smallest absolute Gasteiger partial charge is 0.335 e. The van der Waals surface area contributed by atoms with E-state index in [1.807, 2.05) is 6.92 Å². The first kappa shape index (κ1) is 15.5. The van der Waals surface area contributed by atoms with Gasteiger partial charge in [-0.1, -0.05) is 30.7 Å². The molecule has 1 unspecified atom stereocenters. The summed E-state index contributed by atoms with van der Waals surface area (Å²) in [6.45, 7) is 3.62. The van der Waals surface area contributed by atoms with Crippen molar-refractivity contribution in [3.05, 3.63) is 64.2 Å². The van der Waals surface area contributed by atoms with Gasteiger partial charge in [0.25, 0.3) is 10.1 Å². The Bertz CT molecular complexity index is 759. The Labute approximate surface area is 123 Å². The predicted molar refractivity (Wildman–Crippen MR) is 77.5 cm³/mol. The maximum absolute atomic E-state index is 12.2. The molecule has 112 valence electrons. The highest BCUT2D eigenvalue weighted by Gasteiger charge is 2.23. The molecule has 0 saturated heterocycles. The monoisotopic (exact) mass is 308 g/mol. The summed E-state index contributed by atoms with van der Waals surface area (Å²) in [5.41, 5.74) is 0.414. The van der Waals surface area contributed by atoms with Gasteiger partial charge in [-0.25, -0.2) is 4.79 Å². The van der Waals surface area contributed by atoms with Crippen LogP contribution in [0, 0.1) is 6.92 Å². The van der Waals surface area contributed by atoms with E-state index >= 15 is 0 Å². The fourth-order valence-electron chi connectivity index (χ4n) is 1.81. The van der Waals surface area contributed by atoms with Gasteiger partial charge in [-0.3, -0.25) is 4.18 Å². The summed E-state index contributed by atoms with van der Waals surface area (Å²) >= 11 is 0. The Hall–Kier alpha value is -1.92. The van der Waals surface area contributed by atoms with Crippen LogP contribution in [0.4, 0.5) is 0 Å². The second-order valence-corrected chi connectivity index (χ2v) is 6.18. The maximum Gasteiger partial charge on any atom is 0.335 e. The zero-order valence-corrected chi connectivity index (χ0v) is 12.6. The van der Waals surface area contributed by atoms with Crippen LogP contribution in [0.1, 0.15) is 30.8 Å². The van der Waals surface area contributed by atoms with E-state index in [9.17, 15) is 13.2 Å². The number of benzene rings is 1. The highest BCUT2D eigenvalue weighted by molar-refractivity contribution is 7.86. The molecule has 0 spiro atoms. The molecule has 21 heavy (non-hydrogen) atoms. The van der Waals surface area contributed by atoms with E-state index in [1.165, 1.54) is 30.3 Å². The Morgan fingerprint density at radius 3 is 2.38 bits per heavy atom. The van der Waals surface area contributed by atoms with Crippen molar-refractivity contribution in [2.24, 2.45) is 0 Å². The van der Waals surface area contributed by atoms with E-state index in [2.05, 4.69) is 0 Å². The fourth-order valence-corrected chi connectivity index (χ4v) is 2.93. The van der Waals surface area contributed by atoms with Gasteiger partial charge in [-0.15, -0.1) is 0 Å². The number of aryl methyl sites for hydroxylation is 1. The number of rotatable bonds is 5. The van der Waals surface area contributed by atoms with Crippen molar-refractivity contribution in [3.8, 4) is 0 Å². The summed E-state index contributed by atoms with van der Waals surface area (Å²) in [6, 6.07) is 10.6. The molecule has 1 heterocycles. The zero-order chi connectivity index (χ0) is 15.5. The lowest BCUT2D eigenvalue weighted by Crippen LogP contribution is -2.13. The Balaban J connectivity index is 2.29. The molecule has 0 aliphatic carbocycles. The van der Waals surface area contributed by atoms with E-state index < -0.39 is 21.8 Å². The van der Waals surface area contributed by atoms with Crippen molar-refractivity contribution in [1.82, 2.24) is 0 Å². The lowest BCUT2D eigenvalue weighted by atomic mass is 10.2. The molecular weight excluding hydrogens is 292 g/mol. The lowest BCUT2D eigenvalue weighted by molar-refractivity contribution is 0.174. The molecule has 1 aromatic carbocycles. The van der Waals surface area contributed by atoms with Crippen LogP contribution in [0.25, 0.3) is 0 Å². The molecule has 0 aliphatic rings. The summed E-state index contributed by atoms with van der Waals surface area (Å²) in [5, 5.41) is 0.